The van der Waals surface area contributed by atoms with Gasteiger partial charge >= 0.3 is 0 Å². The van der Waals surface area contributed by atoms with Crippen molar-refractivity contribution in [1.82, 2.24) is 5.32 Å². The first-order chi connectivity index (χ1) is 12.6. The molecular weight excluding hydrogens is 364 g/mol. The fourth-order valence-corrected chi connectivity index (χ4v) is 3.36. The maximum atomic E-state index is 12.1. The molecule has 0 aliphatic heterocycles. The summed E-state index contributed by atoms with van der Waals surface area (Å²) < 4.78 is 28.1. The Labute approximate surface area is 160 Å². The SMILES string of the molecule is Cc1cc(OCC(=O)NC(C)c2ccc(S(N)(=O)=O)cc2)ccc1C(C)C. The Bertz CT molecular complexity index is 906. The van der Waals surface area contributed by atoms with Crippen LogP contribution >= 0.6 is 0 Å². The topological polar surface area (TPSA) is 98.5 Å². The average molecular weight is 391 g/mol. The van der Waals surface area contributed by atoms with Crippen molar-refractivity contribution in [3.63, 3.8) is 0 Å². The Balaban J connectivity index is 1.92. The third-order valence-electron chi connectivity index (χ3n) is 4.32. The van der Waals surface area contributed by atoms with E-state index in [1.165, 1.54) is 17.7 Å². The van der Waals surface area contributed by atoms with Gasteiger partial charge in [-0.05, 0) is 60.7 Å². The molecule has 0 bridgehead atoms. The van der Waals surface area contributed by atoms with Crippen molar-refractivity contribution in [2.24, 2.45) is 5.14 Å². The van der Waals surface area contributed by atoms with Crippen LogP contribution in [0.5, 0.6) is 5.75 Å². The molecule has 1 unspecified atom stereocenters. The molecule has 1 atom stereocenters. The fourth-order valence-electron chi connectivity index (χ4n) is 2.85. The Morgan fingerprint density at radius 1 is 1.11 bits per heavy atom. The second-order valence-corrected chi connectivity index (χ2v) is 8.43. The lowest BCUT2D eigenvalue weighted by Gasteiger charge is -2.16. The number of benzene rings is 2. The van der Waals surface area contributed by atoms with Gasteiger partial charge in [0, 0.05) is 0 Å². The van der Waals surface area contributed by atoms with Crippen molar-refractivity contribution < 1.29 is 17.9 Å². The van der Waals surface area contributed by atoms with Crippen molar-refractivity contribution in [2.45, 2.75) is 44.6 Å². The van der Waals surface area contributed by atoms with E-state index in [1.54, 1.807) is 12.1 Å². The van der Waals surface area contributed by atoms with E-state index < -0.39 is 10.0 Å². The van der Waals surface area contributed by atoms with Gasteiger partial charge in [-0.2, -0.15) is 0 Å². The highest BCUT2D eigenvalue weighted by Gasteiger charge is 2.13. The molecule has 6 nitrogen and oxygen atoms in total. The summed E-state index contributed by atoms with van der Waals surface area (Å²) in [5, 5.41) is 7.91. The van der Waals surface area contributed by atoms with Gasteiger partial charge in [0.15, 0.2) is 6.61 Å². The highest BCUT2D eigenvalue weighted by atomic mass is 32.2. The summed E-state index contributed by atoms with van der Waals surface area (Å²) in [6.45, 7) is 8.00. The number of primary sulfonamides is 1. The summed E-state index contributed by atoms with van der Waals surface area (Å²) in [6.07, 6.45) is 0. The van der Waals surface area contributed by atoms with Crippen LogP contribution in [0.1, 0.15) is 49.4 Å². The second-order valence-electron chi connectivity index (χ2n) is 6.87. The zero-order chi connectivity index (χ0) is 20.2. The first kappa shape index (κ1) is 20.9. The van der Waals surface area contributed by atoms with Crippen LogP contribution < -0.4 is 15.2 Å². The molecule has 1 amide bonds. The van der Waals surface area contributed by atoms with E-state index in [9.17, 15) is 13.2 Å². The van der Waals surface area contributed by atoms with E-state index in [0.29, 0.717) is 11.7 Å². The Kier molecular flexibility index (Phi) is 6.62. The molecule has 7 heteroatoms. The number of sulfonamides is 1. The van der Waals surface area contributed by atoms with Gasteiger partial charge in [0.05, 0.1) is 10.9 Å². The van der Waals surface area contributed by atoms with Crippen molar-refractivity contribution in [1.29, 1.82) is 0 Å². The lowest BCUT2D eigenvalue weighted by molar-refractivity contribution is -0.123. The van der Waals surface area contributed by atoms with E-state index >= 15 is 0 Å². The van der Waals surface area contributed by atoms with Gasteiger partial charge in [0.25, 0.3) is 5.91 Å². The van der Waals surface area contributed by atoms with Crippen molar-refractivity contribution in [3.8, 4) is 5.75 Å². The molecule has 146 valence electrons. The molecule has 0 saturated heterocycles. The number of ether oxygens (including phenoxy) is 1. The normalized spacial score (nSPS) is 12.7. The second kappa shape index (κ2) is 8.54. The van der Waals surface area contributed by atoms with Crippen LogP contribution in [0.15, 0.2) is 47.4 Å². The van der Waals surface area contributed by atoms with Crippen LogP contribution in [0.25, 0.3) is 0 Å². The molecule has 0 aromatic heterocycles. The maximum absolute atomic E-state index is 12.1. The Hall–Kier alpha value is -2.38. The highest BCUT2D eigenvalue weighted by Crippen LogP contribution is 2.23. The van der Waals surface area contributed by atoms with Crippen molar-refractivity contribution in [2.75, 3.05) is 6.61 Å². The number of nitrogens with one attached hydrogen (secondary N) is 1. The minimum atomic E-state index is -3.73. The van der Waals surface area contributed by atoms with Crippen LogP contribution in [0, 0.1) is 6.92 Å². The monoisotopic (exact) mass is 390 g/mol. The predicted octanol–water partition coefficient (Wildman–Crippen LogP) is 3.02. The number of rotatable bonds is 7. The number of amides is 1. The zero-order valence-electron chi connectivity index (χ0n) is 16.0. The minimum absolute atomic E-state index is 0.0355. The smallest absolute Gasteiger partial charge is 0.258 e. The largest absolute Gasteiger partial charge is 0.484 e. The first-order valence-electron chi connectivity index (χ1n) is 8.73. The summed E-state index contributed by atoms with van der Waals surface area (Å²) in [5.41, 5.74) is 3.16. The quantitative estimate of drug-likeness (QED) is 0.759. The Morgan fingerprint density at radius 3 is 2.26 bits per heavy atom. The molecule has 2 rings (SSSR count). The number of hydrogen-bond acceptors (Lipinski definition) is 4. The van der Waals surface area contributed by atoms with Crippen LogP contribution in [-0.2, 0) is 14.8 Å². The lowest BCUT2D eigenvalue weighted by atomic mass is 9.98. The van der Waals surface area contributed by atoms with Crippen LogP contribution in [-0.4, -0.2) is 20.9 Å². The van der Waals surface area contributed by atoms with Gasteiger partial charge in [-0.3, -0.25) is 4.79 Å². The molecule has 0 spiro atoms. The minimum Gasteiger partial charge on any atom is -0.484 e. The predicted molar refractivity (Wildman–Crippen MR) is 105 cm³/mol. The first-order valence-corrected chi connectivity index (χ1v) is 10.3. The lowest BCUT2D eigenvalue weighted by Crippen LogP contribution is -2.31. The summed E-state index contributed by atoms with van der Waals surface area (Å²) in [5.74, 6) is 0.824. The highest BCUT2D eigenvalue weighted by molar-refractivity contribution is 7.89. The van der Waals surface area contributed by atoms with Crippen molar-refractivity contribution >= 4 is 15.9 Å². The average Bonchev–Trinajstić information content (AvgIpc) is 2.59. The fraction of sp³-hybridized carbons (Fsp3) is 0.350. The molecule has 0 aliphatic rings. The Morgan fingerprint density at radius 2 is 1.74 bits per heavy atom. The summed E-state index contributed by atoms with van der Waals surface area (Å²) in [4.78, 5) is 12.2. The van der Waals surface area contributed by atoms with Gasteiger partial charge in [-0.15, -0.1) is 0 Å². The molecule has 2 aromatic rings. The molecular formula is C20H26N2O4S. The van der Waals surface area contributed by atoms with Crippen molar-refractivity contribution in [3.05, 3.63) is 59.2 Å². The molecule has 0 heterocycles. The van der Waals surface area contributed by atoms with Gasteiger partial charge in [-0.25, -0.2) is 13.6 Å². The summed E-state index contributed by atoms with van der Waals surface area (Å²) >= 11 is 0. The van der Waals surface area contributed by atoms with Gasteiger partial charge in [-0.1, -0.05) is 32.0 Å². The molecule has 2 aromatic carbocycles. The molecule has 0 saturated carbocycles. The number of carbonyl (C=O) groups excluding carboxylic acids is 1. The summed E-state index contributed by atoms with van der Waals surface area (Å²) in [6, 6.07) is 11.6. The number of hydrogen-bond donors (Lipinski definition) is 2. The maximum Gasteiger partial charge on any atom is 0.258 e. The van der Waals surface area contributed by atoms with E-state index in [0.717, 1.165) is 11.1 Å². The van der Waals surface area contributed by atoms with E-state index in [-0.39, 0.29) is 23.5 Å². The van der Waals surface area contributed by atoms with E-state index in [4.69, 9.17) is 9.88 Å². The van der Waals surface area contributed by atoms with Crippen LogP contribution in [0.3, 0.4) is 0 Å². The van der Waals surface area contributed by atoms with Gasteiger partial charge < -0.3 is 10.1 Å². The molecule has 3 N–H and O–H groups in total. The van der Waals surface area contributed by atoms with Gasteiger partial charge in [0.2, 0.25) is 10.0 Å². The molecule has 0 radical (unpaired) electrons. The number of nitrogens with two attached hydrogens (primary N) is 1. The van der Waals surface area contributed by atoms with E-state index in [1.807, 2.05) is 32.0 Å². The van der Waals surface area contributed by atoms with Crippen LogP contribution in [0.4, 0.5) is 0 Å². The summed E-state index contributed by atoms with van der Waals surface area (Å²) in [7, 11) is -3.73. The van der Waals surface area contributed by atoms with E-state index in [2.05, 4.69) is 19.2 Å². The van der Waals surface area contributed by atoms with Gasteiger partial charge in [0.1, 0.15) is 5.75 Å². The number of aryl methyl sites for hydroxylation is 1. The molecule has 0 aliphatic carbocycles. The molecule has 27 heavy (non-hydrogen) atoms. The molecule has 0 fully saturated rings. The zero-order valence-corrected chi connectivity index (χ0v) is 16.8. The van der Waals surface area contributed by atoms with Crippen LogP contribution in [0.2, 0.25) is 0 Å². The third kappa shape index (κ3) is 5.80. The number of carbonyl (C=O) groups is 1. The third-order valence-corrected chi connectivity index (χ3v) is 5.25. The standard InChI is InChI=1S/C20H26N2O4S/c1-13(2)19-10-7-17(11-14(19)3)26-12-20(23)22-15(4)16-5-8-18(9-6-16)27(21,24)25/h5-11,13,15H,12H2,1-4H3,(H,22,23)(H2,21,24,25).